The summed E-state index contributed by atoms with van der Waals surface area (Å²) in [6.45, 7) is 1.17. The molecule has 32 heavy (non-hydrogen) atoms. The second-order valence-corrected chi connectivity index (χ2v) is 8.71. The van der Waals surface area contributed by atoms with Crippen LogP contribution in [0.1, 0.15) is 22.3 Å². The summed E-state index contributed by atoms with van der Waals surface area (Å²) in [6, 6.07) is 9.50. The number of nitrogens with one attached hydrogen (secondary N) is 2. The first-order valence-corrected chi connectivity index (χ1v) is 11.0. The van der Waals surface area contributed by atoms with E-state index < -0.39 is 36.2 Å². The van der Waals surface area contributed by atoms with Crippen LogP contribution in [0.25, 0.3) is 0 Å². The zero-order valence-corrected chi connectivity index (χ0v) is 19.9. The average Bonchev–Trinajstić information content (AvgIpc) is 3.13. The quantitative estimate of drug-likeness (QED) is 0.541. The molecule has 0 radical (unpaired) electrons. The predicted molar refractivity (Wildman–Crippen MR) is 122 cm³/mol. The summed E-state index contributed by atoms with van der Waals surface area (Å²) in [5, 5.41) is 4.63. The number of rotatable bonds is 6. The Bertz CT molecular complexity index is 1080. The van der Waals surface area contributed by atoms with Crippen LogP contribution in [0.3, 0.4) is 0 Å². The number of benzene rings is 2. The number of hydrogen-bond acceptors (Lipinski definition) is 5. The van der Waals surface area contributed by atoms with E-state index in [9.17, 15) is 19.2 Å². The number of nitrogens with zero attached hydrogens (tertiary/aromatic N) is 1. The maximum absolute atomic E-state index is 12.3. The third-order valence-electron chi connectivity index (χ3n) is 4.76. The smallest absolute Gasteiger partial charge is 0.311 e. The third-order valence-corrected chi connectivity index (χ3v) is 6.39. The lowest BCUT2D eigenvalue weighted by Gasteiger charge is -2.17. The number of amides is 3. The minimum absolute atomic E-state index is 0.0555. The number of hydrogen-bond donors (Lipinski definition) is 2. The zero-order valence-electron chi connectivity index (χ0n) is 16.8. The van der Waals surface area contributed by atoms with Crippen LogP contribution in [0.5, 0.6) is 0 Å². The molecule has 0 bridgehead atoms. The molecular formula is C21H18BrCl2N3O5. The molecule has 2 aromatic rings. The molecule has 2 aromatic carbocycles. The predicted octanol–water partition coefficient (Wildman–Crippen LogP) is 3.74. The van der Waals surface area contributed by atoms with Gasteiger partial charge in [-0.1, -0.05) is 23.2 Å². The second kappa shape index (κ2) is 10.3. The third kappa shape index (κ3) is 5.79. The topological polar surface area (TPSA) is 105 Å². The van der Waals surface area contributed by atoms with E-state index in [2.05, 4.69) is 26.7 Å². The van der Waals surface area contributed by atoms with Crippen molar-refractivity contribution in [3.05, 3.63) is 62.0 Å². The molecule has 1 atom stereocenters. The van der Waals surface area contributed by atoms with E-state index >= 15 is 0 Å². The molecule has 11 heteroatoms. The van der Waals surface area contributed by atoms with Gasteiger partial charge in [0.2, 0.25) is 5.91 Å². The summed E-state index contributed by atoms with van der Waals surface area (Å²) in [4.78, 5) is 48.9. The SMILES string of the molecule is Cc1c(NC(=O)COC(=O)[C@@H]2CC(=O)N(NC(=O)c3ccc(Cl)cc3)C2)ccc(Br)c1Cl. The average molecular weight is 543 g/mol. The Morgan fingerprint density at radius 1 is 1.16 bits per heavy atom. The molecule has 168 valence electrons. The molecule has 1 aliphatic heterocycles. The standard InChI is InChI=1S/C21H18BrCl2N3O5/c1-11-16(7-6-15(22)19(11)24)25-17(28)10-32-21(31)13-8-18(29)27(9-13)26-20(30)12-2-4-14(23)5-3-12/h2-7,13H,8-10H2,1H3,(H,25,28)(H,26,30)/t13-/m1/s1. The van der Waals surface area contributed by atoms with Gasteiger partial charge in [-0.25, -0.2) is 0 Å². The van der Waals surface area contributed by atoms with Crippen molar-refractivity contribution in [2.45, 2.75) is 13.3 Å². The molecule has 0 aromatic heterocycles. The van der Waals surface area contributed by atoms with Crippen LogP contribution in [-0.2, 0) is 19.1 Å². The van der Waals surface area contributed by atoms with E-state index in [0.717, 1.165) is 5.01 Å². The van der Waals surface area contributed by atoms with Crippen molar-refractivity contribution < 1.29 is 23.9 Å². The summed E-state index contributed by atoms with van der Waals surface area (Å²) in [5.74, 6) is -2.99. The highest BCUT2D eigenvalue weighted by Crippen LogP contribution is 2.31. The highest BCUT2D eigenvalue weighted by atomic mass is 79.9. The minimum Gasteiger partial charge on any atom is -0.455 e. The lowest BCUT2D eigenvalue weighted by atomic mass is 10.1. The summed E-state index contributed by atoms with van der Waals surface area (Å²) in [7, 11) is 0. The van der Waals surface area contributed by atoms with Crippen molar-refractivity contribution in [2.75, 3.05) is 18.5 Å². The van der Waals surface area contributed by atoms with Crippen LogP contribution >= 0.6 is 39.1 Å². The summed E-state index contributed by atoms with van der Waals surface area (Å²) < 4.78 is 5.75. The van der Waals surface area contributed by atoms with Crippen LogP contribution < -0.4 is 10.7 Å². The first kappa shape index (κ1) is 24.0. The molecule has 0 spiro atoms. The molecule has 1 fully saturated rings. The second-order valence-electron chi connectivity index (χ2n) is 7.04. The van der Waals surface area contributed by atoms with Gasteiger partial charge in [0.25, 0.3) is 11.8 Å². The molecule has 0 unspecified atom stereocenters. The molecular weight excluding hydrogens is 525 g/mol. The Balaban J connectivity index is 1.50. The van der Waals surface area contributed by atoms with Gasteiger partial charge in [0, 0.05) is 27.2 Å². The van der Waals surface area contributed by atoms with E-state index in [4.69, 9.17) is 27.9 Å². The Labute approximate surface area is 202 Å². The number of halogens is 3. The molecule has 0 aliphatic carbocycles. The van der Waals surface area contributed by atoms with Gasteiger partial charge >= 0.3 is 5.97 Å². The Kier molecular flexibility index (Phi) is 7.76. The van der Waals surface area contributed by atoms with Crippen molar-refractivity contribution >= 4 is 68.5 Å². The number of carbonyl (C=O) groups is 4. The first-order chi connectivity index (χ1) is 15.2. The molecule has 8 nitrogen and oxygen atoms in total. The minimum atomic E-state index is -0.801. The largest absolute Gasteiger partial charge is 0.455 e. The zero-order chi connectivity index (χ0) is 23.4. The van der Waals surface area contributed by atoms with Gasteiger partial charge in [-0.15, -0.1) is 0 Å². The van der Waals surface area contributed by atoms with E-state index in [0.29, 0.717) is 31.3 Å². The number of hydrazine groups is 1. The van der Waals surface area contributed by atoms with Crippen molar-refractivity contribution in [1.29, 1.82) is 0 Å². The Morgan fingerprint density at radius 2 is 1.84 bits per heavy atom. The fraction of sp³-hybridized carbons (Fsp3) is 0.238. The van der Waals surface area contributed by atoms with E-state index in [1.54, 1.807) is 31.2 Å². The highest BCUT2D eigenvalue weighted by molar-refractivity contribution is 9.10. The van der Waals surface area contributed by atoms with E-state index in [-0.39, 0.29) is 13.0 Å². The lowest BCUT2D eigenvalue weighted by molar-refractivity contribution is -0.151. The fourth-order valence-electron chi connectivity index (χ4n) is 2.99. The van der Waals surface area contributed by atoms with E-state index in [1.807, 2.05) is 0 Å². The molecule has 0 saturated carbocycles. The molecule has 3 amide bonds. The van der Waals surface area contributed by atoms with Crippen LogP contribution in [-0.4, -0.2) is 41.9 Å². The molecule has 1 saturated heterocycles. The van der Waals surface area contributed by atoms with Crippen molar-refractivity contribution in [3.63, 3.8) is 0 Å². The van der Waals surface area contributed by atoms with Gasteiger partial charge in [-0.3, -0.25) is 29.6 Å². The monoisotopic (exact) mass is 541 g/mol. The van der Waals surface area contributed by atoms with Crippen LogP contribution in [0.15, 0.2) is 40.9 Å². The molecule has 3 rings (SSSR count). The van der Waals surface area contributed by atoms with Crippen molar-refractivity contribution in [3.8, 4) is 0 Å². The van der Waals surface area contributed by atoms with Crippen LogP contribution in [0.2, 0.25) is 10.0 Å². The van der Waals surface area contributed by atoms with Gasteiger partial charge in [-0.2, -0.15) is 0 Å². The van der Waals surface area contributed by atoms with Gasteiger partial charge < -0.3 is 10.1 Å². The Morgan fingerprint density at radius 3 is 2.53 bits per heavy atom. The van der Waals surface area contributed by atoms with Crippen molar-refractivity contribution in [1.82, 2.24) is 10.4 Å². The normalized spacial score (nSPS) is 15.4. The van der Waals surface area contributed by atoms with Gasteiger partial charge in [-0.05, 0) is 64.8 Å². The van der Waals surface area contributed by atoms with Gasteiger partial charge in [0.15, 0.2) is 6.61 Å². The fourth-order valence-corrected chi connectivity index (χ4v) is 3.71. The van der Waals surface area contributed by atoms with Gasteiger partial charge in [0.05, 0.1) is 17.5 Å². The summed E-state index contributed by atoms with van der Waals surface area (Å²) >= 11 is 15.2. The summed E-state index contributed by atoms with van der Waals surface area (Å²) in [5.41, 5.74) is 3.93. The first-order valence-electron chi connectivity index (χ1n) is 9.43. The van der Waals surface area contributed by atoms with Crippen molar-refractivity contribution in [2.24, 2.45) is 5.92 Å². The van der Waals surface area contributed by atoms with Crippen LogP contribution in [0.4, 0.5) is 5.69 Å². The molecule has 2 N–H and O–H groups in total. The van der Waals surface area contributed by atoms with E-state index in [1.165, 1.54) is 12.1 Å². The number of esters is 1. The lowest BCUT2D eigenvalue weighted by Crippen LogP contribution is -2.43. The maximum atomic E-state index is 12.3. The summed E-state index contributed by atoms with van der Waals surface area (Å²) in [6.07, 6.45) is -0.136. The number of carbonyl (C=O) groups excluding carboxylic acids is 4. The molecule has 1 aliphatic rings. The highest BCUT2D eigenvalue weighted by Gasteiger charge is 2.36. The Hall–Kier alpha value is -2.62. The number of anilines is 1. The van der Waals surface area contributed by atoms with Crippen LogP contribution in [0, 0.1) is 12.8 Å². The number of ether oxygens (including phenoxy) is 1. The molecule has 1 heterocycles. The maximum Gasteiger partial charge on any atom is 0.311 e. The van der Waals surface area contributed by atoms with Gasteiger partial charge in [0.1, 0.15) is 0 Å².